The molecule has 0 fully saturated rings. The SMILES string of the molecule is CC/C=C\C/C=C\C/C=C\C/C=C\C/C=C\C/C=C\CCCCCCCCCCCCCCC(=O)OC(COC(=O)CCCCCCCCCCCCCCC)COP(=O)(O)OCCN. The molecule has 2 unspecified atom stereocenters. The standard InChI is InChI=1S/C55H98NO8P/c1-3-5-7-9-11-13-15-17-18-19-20-21-22-23-24-25-26-27-28-29-30-31-32-33-34-36-38-40-42-44-46-48-55(58)64-53(52-63-65(59,60)62-50-49-56)51-61-54(57)47-45-43-41-39-37-35-16-14-12-10-8-6-4-2/h5,7,11,13,17-18,20-21,23-24,26-27,53H,3-4,6,8-10,12,14-16,19,22,25,28-52,56H2,1-2H3,(H,59,60)/b7-5-,13-11-,18-17-,21-20-,24-23-,27-26-. The van der Waals surface area contributed by atoms with Gasteiger partial charge in [0.2, 0.25) is 0 Å². The number of phosphoric ester groups is 1. The third kappa shape index (κ3) is 50.7. The van der Waals surface area contributed by atoms with Crippen LogP contribution in [0, 0.1) is 0 Å². The second-order valence-electron chi connectivity index (χ2n) is 17.4. The molecule has 3 N–H and O–H groups in total. The minimum absolute atomic E-state index is 0.0520. The molecule has 0 aromatic rings. The summed E-state index contributed by atoms with van der Waals surface area (Å²) < 4.78 is 32.9. The van der Waals surface area contributed by atoms with Crippen LogP contribution < -0.4 is 5.73 Å². The van der Waals surface area contributed by atoms with Gasteiger partial charge in [-0.1, -0.05) is 228 Å². The van der Waals surface area contributed by atoms with Gasteiger partial charge in [-0.2, -0.15) is 0 Å². The van der Waals surface area contributed by atoms with Crippen molar-refractivity contribution in [3.05, 3.63) is 72.9 Å². The summed E-state index contributed by atoms with van der Waals surface area (Å²) in [6, 6.07) is 0. The van der Waals surface area contributed by atoms with Crippen LogP contribution in [0.2, 0.25) is 0 Å². The number of nitrogens with two attached hydrogens (primary N) is 1. The topological polar surface area (TPSA) is 134 Å². The van der Waals surface area contributed by atoms with E-state index in [1.165, 1.54) is 122 Å². The number of ether oxygens (including phenoxy) is 2. The molecule has 0 aromatic carbocycles. The van der Waals surface area contributed by atoms with Crippen molar-refractivity contribution in [1.82, 2.24) is 0 Å². The summed E-state index contributed by atoms with van der Waals surface area (Å²) >= 11 is 0. The lowest BCUT2D eigenvalue weighted by Crippen LogP contribution is -2.29. The molecule has 0 amide bonds. The molecular weight excluding hydrogens is 834 g/mol. The molecule has 376 valence electrons. The summed E-state index contributed by atoms with van der Waals surface area (Å²) in [6.45, 7) is 3.63. The van der Waals surface area contributed by atoms with Crippen LogP contribution >= 0.6 is 7.82 Å². The van der Waals surface area contributed by atoms with E-state index in [1.54, 1.807) is 0 Å². The molecule has 2 atom stereocenters. The van der Waals surface area contributed by atoms with Crippen LogP contribution in [0.3, 0.4) is 0 Å². The first-order valence-corrected chi connectivity index (χ1v) is 27.9. The Hall–Kier alpha value is -2.55. The minimum atomic E-state index is -4.38. The molecule has 0 spiro atoms. The first-order valence-electron chi connectivity index (χ1n) is 26.4. The summed E-state index contributed by atoms with van der Waals surface area (Å²) in [6.07, 6.45) is 63.8. The number of esters is 2. The van der Waals surface area contributed by atoms with E-state index in [-0.39, 0.29) is 38.6 Å². The summed E-state index contributed by atoms with van der Waals surface area (Å²) in [5.74, 6) is -0.826. The largest absolute Gasteiger partial charge is 0.472 e. The maximum atomic E-state index is 12.7. The molecule has 0 heterocycles. The van der Waals surface area contributed by atoms with E-state index in [1.807, 2.05) is 0 Å². The van der Waals surface area contributed by atoms with Gasteiger partial charge in [-0.15, -0.1) is 0 Å². The van der Waals surface area contributed by atoms with Crippen molar-refractivity contribution in [2.24, 2.45) is 5.73 Å². The molecule has 0 rings (SSSR count). The lowest BCUT2D eigenvalue weighted by Gasteiger charge is -2.19. The zero-order valence-corrected chi connectivity index (χ0v) is 42.6. The number of carbonyl (C=O) groups excluding carboxylic acids is 2. The Kier molecular flexibility index (Phi) is 48.9. The fourth-order valence-electron chi connectivity index (χ4n) is 7.23. The van der Waals surface area contributed by atoms with Gasteiger partial charge in [0.25, 0.3) is 0 Å². The van der Waals surface area contributed by atoms with Crippen molar-refractivity contribution in [2.45, 2.75) is 238 Å². The highest BCUT2D eigenvalue weighted by Crippen LogP contribution is 2.43. The molecule has 0 aliphatic heterocycles. The van der Waals surface area contributed by atoms with Crippen molar-refractivity contribution >= 4 is 19.8 Å². The molecule has 0 aliphatic rings. The van der Waals surface area contributed by atoms with Crippen molar-refractivity contribution in [1.29, 1.82) is 0 Å². The predicted molar refractivity (Wildman–Crippen MR) is 275 cm³/mol. The van der Waals surface area contributed by atoms with Crippen molar-refractivity contribution in [3.63, 3.8) is 0 Å². The first kappa shape index (κ1) is 62.4. The van der Waals surface area contributed by atoms with Crippen LogP contribution in [-0.4, -0.2) is 49.3 Å². The summed E-state index contributed by atoms with van der Waals surface area (Å²) in [5.41, 5.74) is 5.36. The van der Waals surface area contributed by atoms with Crippen molar-refractivity contribution < 1.29 is 37.6 Å². The molecule has 0 radical (unpaired) electrons. The van der Waals surface area contributed by atoms with E-state index in [4.69, 9.17) is 24.3 Å². The van der Waals surface area contributed by atoms with Crippen LogP contribution in [0.5, 0.6) is 0 Å². The van der Waals surface area contributed by atoms with Gasteiger partial charge in [0.05, 0.1) is 13.2 Å². The van der Waals surface area contributed by atoms with Crippen molar-refractivity contribution in [3.8, 4) is 0 Å². The Morgan fingerprint density at radius 2 is 0.846 bits per heavy atom. The first-order chi connectivity index (χ1) is 31.8. The molecule has 0 aliphatic carbocycles. The highest BCUT2D eigenvalue weighted by molar-refractivity contribution is 7.47. The van der Waals surface area contributed by atoms with Crippen LogP contribution in [-0.2, 0) is 32.7 Å². The van der Waals surface area contributed by atoms with Gasteiger partial charge < -0.3 is 20.1 Å². The second kappa shape index (κ2) is 50.9. The maximum absolute atomic E-state index is 12.7. The molecule has 0 saturated carbocycles. The van der Waals surface area contributed by atoms with E-state index in [0.717, 1.165) is 77.0 Å². The van der Waals surface area contributed by atoms with Crippen LogP contribution in [0.4, 0.5) is 0 Å². The Morgan fingerprint density at radius 3 is 1.26 bits per heavy atom. The average molecular weight is 932 g/mol. The Labute approximate surface area is 399 Å². The lowest BCUT2D eigenvalue weighted by atomic mass is 10.0. The number of hydrogen-bond acceptors (Lipinski definition) is 8. The van der Waals surface area contributed by atoms with Gasteiger partial charge in [-0.3, -0.25) is 18.6 Å². The molecule has 65 heavy (non-hydrogen) atoms. The Balaban J connectivity index is 3.96. The number of phosphoric acid groups is 1. The third-order valence-corrected chi connectivity index (χ3v) is 12.1. The number of hydrogen-bond donors (Lipinski definition) is 2. The quantitative estimate of drug-likeness (QED) is 0.0265. The van der Waals surface area contributed by atoms with Gasteiger partial charge in [-0.25, -0.2) is 4.57 Å². The molecule has 0 bridgehead atoms. The van der Waals surface area contributed by atoms with Gasteiger partial charge in [-0.05, 0) is 64.2 Å². The van der Waals surface area contributed by atoms with Crippen molar-refractivity contribution in [2.75, 3.05) is 26.4 Å². The van der Waals surface area contributed by atoms with E-state index in [0.29, 0.717) is 6.42 Å². The van der Waals surface area contributed by atoms with Crippen LogP contribution in [0.1, 0.15) is 232 Å². The highest BCUT2D eigenvalue weighted by atomic mass is 31.2. The summed E-state index contributed by atoms with van der Waals surface area (Å²) in [5, 5.41) is 0. The summed E-state index contributed by atoms with van der Waals surface area (Å²) in [7, 11) is -4.38. The second-order valence-corrected chi connectivity index (χ2v) is 18.8. The van der Waals surface area contributed by atoms with E-state index in [2.05, 4.69) is 86.8 Å². The van der Waals surface area contributed by atoms with E-state index >= 15 is 0 Å². The predicted octanol–water partition coefficient (Wildman–Crippen LogP) is 16.2. The fraction of sp³-hybridized carbons (Fsp3) is 0.745. The van der Waals surface area contributed by atoms with Gasteiger partial charge in [0, 0.05) is 19.4 Å². The number of unbranched alkanes of at least 4 members (excludes halogenated alkanes) is 24. The fourth-order valence-corrected chi connectivity index (χ4v) is 7.99. The summed E-state index contributed by atoms with van der Waals surface area (Å²) in [4.78, 5) is 35.0. The molecule has 9 nitrogen and oxygen atoms in total. The minimum Gasteiger partial charge on any atom is -0.462 e. The molecule has 0 aromatic heterocycles. The highest BCUT2D eigenvalue weighted by Gasteiger charge is 2.26. The van der Waals surface area contributed by atoms with Gasteiger partial charge in [0.15, 0.2) is 6.10 Å². The Bertz CT molecular complexity index is 1290. The van der Waals surface area contributed by atoms with Crippen LogP contribution in [0.25, 0.3) is 0 Å². The number of allylic oxidation sites excluding steroid dienone is 12. The number of carbonyl (C=O) groups is 2. The van der Waals surface area contributed by atoms with E-state index in [9.17, 15) is 19.0 Å². The van der Waals surface area contributed by atoms with Crippen LogP contribution in [0.15, 0.2) is 72.9 Å². The van der Waals surface area contributed by atoms with Gasteiger partial charge in [0.1, 0.15) is 6.61 Å². The van der Waals surface area contributed by atoms with Gasteiger partial charge >= 0.3 is 19.8 Å². The zero-order chi connectivity index (χ0) is 47.4. The smallest absolute Gasteiger partial charge is 0.462 e. The molecule has 10 heteroatoms. The molecular formula is C55H98NO8P. The molecule has 0 saturated heterocycles. The monoisotopic (exact) mass is 932 g/mol. The third-order valence-electron chi connectivity index (χ3n) is 11.1. The van der Waals surface area contributed by atoms with E-state index < -0.39 is 26.5 Å². The normalized spacial score (nSPS) is 13.7. The number of rotatable bonds is 49. The maximum Gasteiger partial charge on any atom is 0.472 e. The Morgan fingerprint density at radius 1 is 0.477 bits per heavy atom. The average Bonchev–Trinajstić information content (AvgIpc) is 3.30. The zero-order valence-electron chi connectivity index (χ0n) is 41.7. The lowest BCUT2D eigenvalue weighted by molar-refractivity contribution is -0.161.